The molecule has 2 rings (SSSR count). The molecule has 2 heterocycles. The van der Waals surface area contributed by atoms with E-state index in [1.54, 1.807) is 26.1 Å². The van der Waals surface area contributed by atoms with Crippen LogP contribution in [0.1, 0.15) is 27.7 Å². The molecule has 0 aliphatic heterocycles. The van der Waals surface area contributed by atoms with Crippen LogP contribution in [0.15, 0.2) is 16.7 Å². The van der Waals surface area contributed by atoms with Gasteiger partial charge in [0.15, 0.2) is 11.0 Å². The minimum Gasteiger partial charge on any atom is -0.436 e. The van der Waals surface area contributed by atoms with Crippen LogP contribution < -0.4 is 5.32 Å². The number of carbonyl (C=O) groups is 1. The molecule has 6 heteroatoms. The van der Waals surface area contributed by atoms with Crippen LogP contribution in [-0.2, 0) is 0 Å². The summed E-state index contributed by atoms with van der Waals surface area (Å²) in [4.78, 5) is 20.0. The largest absolute Gasteiger partial charge is 0.436 e. The average Bonchev–Trinajstić information content (AvgIpc) is 2.63. The Morgan fingerprint density at radius 1 is 1.39 bits per heavy atom. The second-order valence-corrected chi connectivity index (χ2v) is 4.31. The molecule has 0 radical (unpaired) electrons. The molecule has 0 aromatic carbocycles. The number of hydrogen-bond acceptors (Lipinski definition) is 4. The lowest BCUT2D eigenvalue weighted by molar-refractivity contribution is 0.0994. The van der Waals surface area contributed by atoms with E-state index in [2.05, 4.69) is 15.3 Å². The zero-order valence-electron chi connectivity index (χ0n) is 10.2. The van der Waals surface area contributed by atoms with Crippen molar-refractivity contribution < 1.29 is 9.21 Å². The number of aryl methyl sites for hydroxylation is 3. The van der Waals surface area contributed by atoms with E-state index in [0.717, 1.165) is 5.56 Å². The minimum atomic E-state index is -0.387. The number of pyridine rings is 1. The molecule has 0 atom stereocenters. The molecule has 2 aromatic heterocycles. The molecule has 1 N–H and O–H groups in total. The fourth-order valence-electron chi connectivity index (χ4n) is 1.56. The van der Waals surface area contributed by atoms with Crippen LogP contribution in [0, 0.1) is 20.8 Å². The Kier molecular flexibility index (Phi) is 3.34. The van der Waals surface area contributed by atoms with Gasteiger partial charge in [-0.25, -0.2) is 9.97 Å². The predicted octanol–water partition coefficient (Wildman–Crippen LogP) is 2.90. The van der Waals surface area contributed by atoms with E-state index in [1.165, 1.54) is 0 Å². The fraction of sp³-hybridized carbons (Fsp3) is 0.250. The molecule has 0 saturated heterocycles. The summed E-state index contributed by atoms with van der Waals surface area (Å²) in [5.74, 6) is 0.249. The maximum atomic E-state index is 12.0. The van der Waals surface area contributed by atoms with Crippen molar-refractivity contribution in [3.05, 3.63) is 40.3 Å². The summed E-state index contributed by atoms with van der Waals surface area (Å²) in [5.41, 5.74) is 1.90. The van der Waals surface area contributed by atoms with Crippen LogP contribution in [0.4, 0.5) is 5.69 Å². The number of aromatic nitrogens is 2. The van der Waals surface area contributed by atoms with Gasteiger partial charge < -0.3 is 9.73 Å². The first kappa shape index (κ1) is 12.6. The molecule has 1 amide bonds. The molecular weight excluding hydrogens is 254 g/mol. The molecule has 2 aromatic rings. The zero-order chi connectivity index (χ0) is 13.3. The SMILES string of the molecule is Cc1cnc(Cl)c(NC(=O)c2oc(C)nc2C)c1. The van der Waals surface area contributed by atoms with E-state index in [4.69, 9.17) is 16.0 Å². The van der Waals surface area contributed by atoms with Gasteiger partial charge in [0.1, 0.15) is 0 Å². The molecule has 0 aliphatic rings. The van der Waals surface area contributed by atoms with Crippen molar-refractivity contribution in [1.82, 2.24) is 9.97 Å². The summed E-state index contributed by atoms with van der Waals surface area (Å²) in [6.45, 7) is 5.26. The number of anilines is 1. The summed E-state index contributed by atoms with van der Waals surface area (Å²) in [6.07, 6.45) is 1.63. The van der Waals surface area contributed by atoms with Gasteiger partial charge in [0.05, 0.1) is 11.4 Å². The van der Waals surface area contributed by atoms with E-state index < -0.39 is 0 Å². The molecule has 0 aliphatic carbocycles. The predicted molar refractivity (Wildman–Crippen MR) is 67.9 cm³/mol. The maximum absolute atomic E-state index is 12.0. The topological polar surface area (TPSA) is 68.0 Å². The maximum Gasteiger partial charge on any atom is 0.293 e. The Morgan fingerprint density at radius 3 is 2.72 bits per heavy atom. The highest BCUT2D eigenvalue weighted by molar-refractivity contribution is 6.32. The number of rotatable bonds is 2. The van der Waals surface area contributed by atoms with Crippen molar-refractivity contribution in [3.63, 3.8) is 0 Å². The summed E-state index contributed by atoms with van der Waals surface area (Å²) in [7, 11) is 0. The number of oxazole rings is 1. The number of carbonyl (C=O) groups excluding carboxylic acids is 1. The van der Waals surface area contributed by atoms with Gasteiger partial charge in [-0.05, 0) is 25.5 Å². The first-order chi connectivity index (χ1) is 8.47. The first-order valence-corrected chi connectivity index (χ1v) is 5.72. The fourth-order valence-corrected chi connectivity index (χ4v) is 1.71. The van der Waals surface area contributed by atoms with Gasteiger partial charge in [-0.1, -0.05) is 11.6 Å². The van der Waals surface area contributed by atoms with E-state index in [9.17, 15) is 4.79 Å². The number of halogens is 1. The molecule has 5 nitrogen and oxygen atoms in total. The van der Waals surface area contributed by atoms with Crippen LogP contribution >= 0.6 is 11.6 Å². The third kappa shape index (κ3) is 2.51. The monoisotopic (exact) mass is 265 g/mol. The van der Waals surface area contributed by atoms with Crippen LogP contribution in [0.3, 0.4) is 0 Å². The van der Waals surface area contributed by atoms with Crippen LogP contribution in [0.5, 0.6) is 0 Å². The molecule has 0 fully saturated rings. The highest BCUT2D eigenvalue weighted by Gasteiger charge is 2.17. The second-order valence-electron chi connectivity index (χ2n) is 3.95. The Hall–Kier alpha value is -1.88. The van der Waals surface area contributed by atoms with Gasteiger partial charge in [-0.2, -0.15) is 0 Å². The third-order valence-electron chi connectivity index (χ3n) is 2.33. The molecular formula is C12H12ClN3O2. The summed E-state index contributed by atoms with van der Waals surface area (Å²) >= 11 is 5.90. The van der Waals surface area contributed by atoms with Crippen LogP contribution in [-0.4, -0.2) is 15.9 Å². The van der Waals surface area contributed by atoms with Crippen molar-refractivity contribution in [2.45, 2.75) is 20.8 Å². The highest BCUT2D eigenvalue weighted by atomic mass is 35.5. The number of nitrogens with zero attached hydrogens (tertiary/aromatic N) is 2. The van der Waals surface area contributed by atoms with Crippen molar-refractivity contribution >= 4 is 23.2 Å². The Labute approximate surface area is 109 Å². The van der Waals surface area contributed by atoms with E-state index in [-0.39, 0.29) is 16.8 Å². The number of amides is 1. The molecule has 94 valence electrons. The third-order valence-corrected chi connectivity index (χ3v) is 2.63. The lowest BCUT2D eigenvalue weighted by Crippen LogP contribution is -2.13. The zero-order valence-corrected chi connectivity index (χ0v) is 11.0. The molecule has 18 heavy (non-hydrogen) atoms. The van der Waals surface area contributed by atoms with Gasteiger partial charge in [0.2, 0.25) is 5.76 Å². The van der Waals surface area contributed by atoms with Gasteiger partial charge in [-0.3, -0.25) is 4.79 Å². The smallest absolute Gasteiger partial charge is 0.293 e. The Morgan fingerprint density at radius 2 is 2.11 bits per heavy atom. The van der Waals surface area contributed by atoms with Crippen molar-refractivity contribution in [2.75, 3.05) is 5.32 Å². The summed E-state index contributed by atoms with van der Waals surface area (Å²) < 4.78 is 5.23. The molecule has 0 saturated carbocycles. The number of nitrogens with one attached hydrogen (secondary N) is 1. The van der Waals surface area contributed by atoms with Gasteiger partial charge in [0.25, 0.3) is 5.91 Å². The summed E-state index contributed by atoms with van der Waals surface area (Å²) in [5, 5.41) is 2.89. The van der Waals surface area contributed by atoms with Crippen molar-refractivity contribution in [2.24, 2.45) is 0 Å². The van der Waals surface area contributed by atoms with Gasteiger partial charge in [0, 0.05) is 13.1 Å². The quantitative estimate of drug-likeness (QED) is 0.848. The van der Waals surface area contributed by atoms with Crippen LogP contribution in [0.2, 0.25) is 5.15 Å². The Bertz CT molecular complexity index is 607. The minimum absolute atomic E-state index is 0.185. The second kappa shape index (κ2) is 4.78. The van der Waals surface area contributed by atoms with E-state index in [0.29, 0.717) is 17.3 Å². The standard InChI is InChI=1S/C12H12ClN3O2/c1-6-4-9(11(13)14-5-6)16-12(17)10-7(2)15-8(3)18-10/h4-5H,1-3H3,(H,16,17). The van der Waals surface area contributed by atoms with Crippen molar-refractivity contribution in [1.29, 1.82) is 0 Å². The first-order valence-electron chi connectivity index (χ1n) is 5.35. The molecule has 0 bridgehead atoms. The number of hydrogen-bond donors (Lipinski definition) is 1. The average molecular weight is 266 g/mol. The van der Waals surface area contributed by atoms with Crippen molar-refractivity contribution in [3.8, 4) is 0 Å². The molecule has 0 spiro atoms. The van der Waals surface area contributed by atoms with Crippen LogP contribution in [0.25, 0.3) is 0 Å². The highest BCUT2D eigenvalue weighted by Crippen LogP contribution is 2.21. The van der Waals surface area contributed by atoms with E-state index in [1.807, 2.05) is 6.92 Å². The normalized spacial score (nSPS) is 10.4. The van der Waals surface area contributed by atoms with E-state index >= 15 is 0 Å². The Balaban J connectivity index is 2.26. The lowest BCUT2D eigenvalue weighted by Gasteiger charge is -2.05. The van der Waals surface area contributed by atoms with Gasteiger partial charge in [-0.15, -0.1) is 0 Å². The molecule has 0 unspecified atom stereocenters. The summed E-state index contributed by atoms with van der Waals surface area (Å²) in [6, 6.07) is 1.74. The lowest BCUT2D eigenvalue weighted by atomic mass is 10.3. The van der Waals surface area contributed by atoms with Gasteiger partial charge >= 0.3 is 0 Å².